The van der Waals surface area contributed by atoms with Crippen LogP contribution in [-0.4, -0.2) is 0 Å². The maximum atomic E-state index is 2.37. The van der Waals surface area contributed by atoms with Crippen LogP contribution in [0.15, 0.2) is 36.5 Å². The average molecular weight is 339 g/mol. The van der Waals surface area contributed by atoms with Crippen LogP contribution in [0, 0.1) is 18.8 Å². The minimum Gasteiger partial charge on any atom is -0.201 e. The minimum atomic E-state index is 0.168. The summed E-state index contributed by atoms with van der Waals surface area (Å²) in [6, 6.07) is 11.5. The molecule has 2 rings (SSSR count). The Morgan fingerprint density at radius 2 is 1.48 bits per heavy atom. The highest BCUT2D eigenvalue weighted by Crippen LogP contribution is 2.33. The number of aromatic nitrogens is 1. The zero-order chi connectivity index (χ0) is 18.9. The van der Waals surface area contributed by atoms with Crippen molar-refractivity contribution in [3.8, 4) is 11.3 Å². The summed E-state index contributed by atoms with van der Waals surface area (Å²) in [6.45, 7) is 18.4. The number of hydrogen-bond acceptors (Lipinski definition) is 0. The fraction of sp³-hybridized carbons (Fsp3) is 0.542. The van der Waals surface area contributed by atoms with E-state index in [-0.39, 0.29) is 5.41 Å². The predicted molar refractivity (Wildman–Crippen MR) is 109 cm³/mol. The van der Waals surface area contributed by atoms with Crippen LogP contribution in [0.25, 0.3) is 11.3 Å². The van der Waals surface area contributed by atoms with Crippen LogP contribution in [0.2, 0.25) is 0 Å². The number of hydrogen-bond donors (Lipinski definition) is 0. The van der Waals surface area contributed by atoms with Gasteiger partial charge in [-0.05, 0) is 53.4 Å². The van der Waals surface area contributed by atoms with Gasteiger partial charge in [0.25, 0.3) is 0 Å². The quantitative estimate of drug-likeness (QED) is 0.586. The lowest BCUT2D eigenvalue weighted by atomic mass is 9.80. The van der Waals surface area contributed by atoms with Gasteiger partial charge < -0.3 is 0 Å². The Labute approximate surface area is 155 Å². The zero-order valence-electron chi connectivity index (χ0n) is 17.6. The molecular formula is C24H36N+. The molecule has 0 radical (unpaired) electrons. The molecule has 136 valence electrons. The van der Waals surface area contributed by atoms with Crippen molar-refractivity contribution in [3.63, 3.8) is 0 Å². The average Bonchev–Trinajstić information content (AvgIpc) is 2.46. The van der Waals surface area contributed by atoms with Gasteiger partial charge in [-0.15, -0.1) is 0 Å². The highest BCUT2D eigenvalue weighted by Gasteiger charge is 2.24. The first-order valence-corrected chi connectivity index (χ1v) is 9.63. The Hall–Kier alpha value is -1.63. The third-order valence-corrected chi connectivity index (χ3v) is 5.36. The summed E-state index contributed by atoms with van der Waals surface area (Å²) in [6.07, 6.45) is 2.34. The summed E-state index contributed by atoms with van der Waals surface area (Å²) >= 11 is 0. The van der Waals surface area contributed by atoms with Crippen LogP contribution in [-0.2, 0) is 12.5 Å². The maximum absolute atomic E-state index is 2.37. The van der Waals surface area contributed by atoms with Crippen LogP contribution in [0.3, 0.4) is 0 Å². The normalized spacial score (nSPS) is 12.5. The fourth-order valence-corrected chi connectivity index (χ4v) is 4.01. The third-order valence-electron chi connectivity index (χ3n) is 5.36. The molecule has 0 spiro atoms. The van der Waals surface area contributed by atoms with E-state index in [1.54, 1.807) is 0 Å². The maximum Gasteiger partial charge on any atom is 0.212 e. The van der Waals surface area contributed by atoms with Crippen molar-refractivity contribution in [2.45, 2.75) is 66.7 Å². The van der Waals surface area contributed by atoms with Crippen LogP contribution in [0.4, 0.5) is 0 Å². The molecule has 2 aromatic rings. The molecule has 0 fully saturated rings. The van der Waals surface area contributed by atoms with Crippen molar-refractivity contribution in [2.75, 3.05) is 0 Å². The molecule has 0 aliphatic carbocycles. The van der Waals surface area contributed by atoms with Gasteiger partial charge in [-0.25, -0.2) is 4.57 Å². The molecule has 1 heterocycles. The molecule has 1 nitrogen and oxygen atoms in total. The van der Waals surface area contributed by atoms with Gasteiger partial charge in [-0.3, -0.25) is 0 Å². The standard InChI is InChI=1S/C24H36N/c1-16(2)23(17(3)4)19-11-13-22(25(9)15-19)21-14-20(24(6,7)8)12-10-18(21)5/h10-17,23H,1-9H3/q+1. The Morgan fingerprint density at radius 3 is 1.96 bits per heavy atom. The van der Waals surface area contributed by atoms with Gasteiger partial charge in [0, 0.05) is 17.2 Å². The van der Waals surface area contributed by atoms with Gasteiger partial charge >= 0.3 is 0 Å². The fourth-order valence-electron chi connectivity index (χ4n) is 4.01. The molecule has 0 aliphatic heterocycles. The molecule has 0 unspecified atom stereocenters. The Balaban J connectivity index is 2.52. The molecule has 1 aromatic heterocycles. The summed E-state index contributed by atoms with van der Waals surface area (Å²) in [5.41, 5.74) is 6.97. The number of rotatable bonds is 4. The molecule has 0 bridgehead atoms. The van der Waals surface area contributed by atoms with E-state index in [0.29, 0.717) is 17.8 Å². The smallest absolute Gasteiger partial charge is 0.201 e. The van der Waals surface area contributed by atoms with Crippen molar-refractivity contribution in [1.82, 2.24) is 0 Å². The molecule has 0 saturated carbocycles. The predicted octanol–water partition coefficient (Wildman–Crippen LogP) is 6.18. The lowest BCUT2D eigenvalue weighted by Crippen LogP contribution is -2.32. The summed E-state index contributed by atoms with van der Waals surface area (Å²) in [7, 11) is 2.18. The number of pyridine rings is 1. The molecule has 1 heteroatoms. The first kappa shape index (κ1) is 19.7. The topological polar surface area (TPSA) is 3.88 Å². The molecule has 0 aliphatic rings. The van der Waals surface area contributed by atoms with E-state index in [1.165, 1.54) is 27.9 Å². The summed E-state index contributed by atoms with van der Waals surface area (Å²) in [4.78, 5) is 0. The van der Waals surface area contributed by atoms with Gasteiger partial charge in [0.05, 0.1) is 0 Å². The highest BCUT2D eigenvalue weighted by molar-refractivity contribution is 5.62. The number of aryl methyl sites for hydroxylation is 2. The van der Waals surface area contributed by atoms with Crippen LogP contribution >= 0.6 is 0 Å². The van der Waals surface area contributed by atoms with E-state index >= 15 is 0 Å². The van der Waals surface area contributed by atoms with Gasteiger partial charge in [0.15, 0.2) is 6.20 Å². The van der Waals surface area contributed by atoms with Crippen molar-refractivity contribution in [1.29, 1.82) is 0 Å². The van der Waals surface area contributed by atoms with Crippen LogP contribution in [0.5, 0.6) is 0 Å². The Morgan fingerprint density at radius 1 is 0.880 bits per heavy atom. The van der Waals surface area contributed by atoms with E-state index in [9.17, 15) is 0 Å². The second kappa shape index (κ2) is 7.32. The van der Waals surface area contributed by atoms with E-state index in [0.717, 1.165) is 0 Å². The number of benzene rings is 1. The Bertz CT molecular complexity index is 724. The van der Waals surface area contributed by atoms with E-state index in [1.807, 2.05) is 0 Å². The monoisotopic (exact) mass is 338 g/mol. The van der Waals surface area contributed by atoms with E-state index in [4.69, 9.17) is 0 Å². The number of nitrogens with zero attached hydrogens (tertiary/aromatic N) is 1. The van der Waals surface area contributed by atoms with E-state index in [2.05, 4.69) is 104 Å². The first-order valence-electron chi connectivity index (χ1n) is 9.63. The SMILES string of the molecule is Cc1ccc(C(C)(C)C)cc1-c1ccc(C(C(C)C)C(C)C)c[n+]1C. The molecular weight excluding hydrogens is 302 g/mol. The molecule has 0 N–H and O–H groups in total. The summed E-state index contributed by atoms with van der Waals surface area (Å²) in [5.74, 6) is 1.90. The second-order valence-electron chi connectivity index (χ2n) is 9.25. The van der Waals surface area contributed by atoms with Crippen LogP contribution in [0.1, 0.15) is 71.1 Å². The van der Waals surface area contributed by atoms with Gasteiger partial charge in [-0.1, -0.05) is 60.6 Å². The molecule has 0 atom stereocenters. The lowest BCUT2D eigenvalue weighted by molar-refractivity contribution is -0.661. The van der Waals surface area contributed by atoms with Crippen molar-refractivity contribution >= 4 is 0 Å². The van der Waals surface area contributed by atoms with Gasteiger partial charge in [0.1, 0.15) is 7.05 Å². The molecule has 1 aromatic carbocycles. The summed E-state index contributed by atoms with van der Waals surface area (Å²) < 4.78 is 2.31. The third kappa shape index (κ3) is 4.32. The minimum absolute atomic E-state index is 0.168. The van der Waals surface area contributed by atoms with Crippen molar-refractivity contribution in [3.05, 3.63) is 53.2 Å². The zero-order valence-corrected chi connectivity index (χ0v) is 17.6. The van der Waals surface area contributed by atoms with Crippen LogP contribution < -0.4 is 4.57 Å². The van der Waals surface area contributed by atoms with Crippen molar-refractivity contribution < 1.29 is 4.57 Å². The Kier molecular flexibility index (Phi) is 5.76. The summed E-state index contributed by atoms with van der Waals surface area (Å²) in [5, 5.41) is 0. The first-order chi connectivity index (χ1) is 11.5. The van der Waals surface area contributed by atoms with Gasteiger partial charge in [-0.2, -0.15) is 0 Å². The van der Waals surface area contributed by atoms with Gasteiger partial charge in [0.2, 0.25) is 5.69 Å². The largest absolute Gasteiger partial charge is 0.212 e. The van der Waals surface area contributed by atoms with E-state index < -0.39 is 0 Å². The molecule has 0 amide bonds. The van der Waals surface area contributed by atoms with Crippen molar-refractivity contribution in [2.24, 2.45) is 18.9 Å². The highest BCUT2D eigenvalue weighted by atomic mass is 14.9. The molecule has 0 saturated heterocycles. The lowest BCUT2D eigenvalue weighted by Gasteiger charge is -2.24. The second-order valence-corrected chi connectivity index (χ2v) is 9.25. The molecule has 25 heavy (non-hydrogen) atoms.